The SMILES string of the molecule is CCN(C)S(=O)(=O)c1cc(CCl)ccc1C. The summed E-state index contributed by atoms with van der Waals surface area (Å²) in [5.41, 5.74) is 1.56. The number of aryl methyl sites for hydroxylation is 1. The molecule has 0 aliphatic carbocycles. The first-order valence-electron chi connectivity index (χ1n) is 5.05. The predicted octanol–water partition coefficient (Wildman–Crippen LogP) is 2.37. The summed E-state index contributed by atoms with van der Waals surface area (Å²) >= 11 is 5.71. The van der Waals surface area contributed by atoms with Crippen LogP contribution in [-0.2, 0) is 15.9 Å². The van der Waals surface area contributed by atoms with Crippen LogP contribution in [0.15, 0.2) is 23.1 Å². The molecule has 0 amide bonds. The second kappa shape index (κ2) is 5.17. The third-order valence-electron chi connectivity index (χ3n) is 2.54. The van der Waals surface area contributed by atoms with E-state index in [0.29, 0.717) is 17.3 Å². The minimum atomic E-state index is -3.38. The summed E-state index contributed by atoms with van der Waals surface area (Å²) < 4.78 is 25.6. The van der Waals surface area contributed by atoms with Crippen LogP contribution in [0.5, 0.6) is 0 Å². The molecule has 1 aromatic rings. The van der Waals surface area contributed by atoms with Crippen molar-refractivity contribution in [2.75, 3.05) is 13.6 Å². The number of alkyl halides is 1. The Kier molecular flexibility index (Phi) is 4.35. The van der Waals surface area contributed by atoms with Crippen molar-refractivity contribution in [2.24, 2.45) is 0 Å². The molecule has 0 bridgehead atoms. The second-order valence-electron chi connectivity index (χ2n) is 3.65. The van der Waals surface area contributed by atoms with Crippen LogP contribution in [0.2, 0.25) is 0 Å². The van der Waals surface area contributed by atoms with Gasteiger partial charge in [-0.3, -0.25) is 0 Å². The predicted molar refractivity (Wildman–Crippen MR) is 66.2 cm³/mol. The molecule has 0 spiro atoms. The van der Waals surface area contributed by atoms with E-state index in [-0.39, 0.29) is 0 Å². The Morgan fingerprint density at radius 3 is 2.50 bits per heavy atom. The van der Waals surface area contributed by atoms with Crippen LogP contribution in [0.4, 0.5) is 0 Å². The van der Waals surface area contributed by atoms with E-state index in [2.05, 4.69) is 0 Å². The molecule has 0 saturated heterocycles. The van der Waals surface area contributed by atoms with E-state index >= 15 is 0 Å². The maximum atomic E-state index is 12.1. The van der Waals surface area contributed by atoms with Gasteiger partial charge < -0.3 is 0 Å². The van der Waals surface area contributed by atoms with Gasteiger partial charge in [0.25, 0.3) is 0 Å². The van der Waals surface area contributed by atoms with E-state index in [0.717, 1.165) is 11.1 Å². The summed E-state index contributed by atoms with van der Waals surface area (Å²) in [4.78, 5) is 0.343. The molecule has 1 aromatic carbocycles. The summed E-state index contributed by atoms with van der Waals surface area (Å²) in [5, 5.41) is 0. The van der Waals surface area contributed by atoms with Gasteiger partial charge in [0.15, 0.2) is 0 Å². The van der Waals surface area contributed by atoms with E-state index in [1.165, 1.54) is 4.31 Å². The Morgan fingerprint density at radius 2 is 2.00 bits per heavy atom. The first kappa shape index (κ1) is 13.5. The normalized spacial score (nSPS) is 12.1. The number of hydrogen-bond donors (Lipinski definition) is 0. The molecular formula is C11H16ClNO2S. The Morgan fingerprint density at radius 1 is 1.38 bits per heavy atom. The van der Waals surface area contributed by atoms with Gasteiger partial charge in [-0.05, 0) is 24.1 Å². The first-order chi connectivity index (χ1) is 7.43. The zero-order valence-corrected chi connectivity index (χ0v) is 11.3. The van der Waals surface area contributed by atoms with Crippen molar-refractivity contribution >= 4 is 21.6 Å². The average Bonchev–Trinajstić information content (AvgIpc) is 2.28. The third-order valence-corrected chi connectivity index (χ3v) is 4.92. The molecule has 0 heterocycles. The van der Waals surface area contributed by atoms with Crippen LogP contribution in [-0.4, -0.2) is 26.3 Å². The summed E-state index contributed by atoms with van der Waals surface area (Å²) in [7, 11) is -1.81. The van der Waals surface area contributed by atoms with Crippen molar-refractivity contribution in [2.45, 2.75) is 24.6 Å². The monoisotopic (exact) mass is 261 g/mol. The van der Waals surface area contributed by atoms with Crippen molar-refractivity contribution in [3.8, 4) is 0 Å². The quantitative estimate of drug-likeness (QED) is 0.781. The topological polar surface area (TPSA) is 37.4 Å². The third kappa shape index (κ3) is 2.56. The molecule has 0 aliphatic heterocycles. The van der Waals surface area contributed by atoms with Crippen molar-refractivity contribution in [3.63, 3.8) is 0 Å². The molecule has 5 heteroatoms. The number of nitrogens with zero attached hydrogens (tertiary/aromatic N) is 1. The van der Waals surface area contributed by atoms with E-state index in [4.69, 9.17) is 11.6 Å². The Labute approximate surface area is 102 Å². The lowest BCUT2D eigenvalue weighted by Gasteiger charge is -2.17. The van der Waals surface area contributed by atoms with Gasteiger partial charge in [-0.15, -0.1) is 11.6 Å². The Bertz CT molecular complexity index is 471. The molecule has 0 atom stereocenters. The summed E-state index contributed by atoms with van der Waals surface area (Å²) in [5.74, 6) is 0.318. The lowest BCUT2D eigenvalue weighted by molar-refractivity contribution is 0.486. The highest BCUT2D eigenvalue weighted by atomic mass is 35.5. The molecule has 1 rings (SSSR count). The summed E-state index contributed by atoms with van der Waals surface area (Å²) in [6.07, 6.45) is 0. The van der Waals surface area contributed by atoms with Gasteiger partial charge in [0, 0.05) is 19.5 Å². The molecule has 0 fully saturated rings. The summed E-state index contributed by atoms with van der Waals surface area (Å²) in [6.45, 7) is 4.04. The fourth-order valence-corrected chi connectivity index (χ4v) is 2.96. The van der Waals surface area contributed by atoms with Gasteiger partial charge in [-0.2, -0.15) is 0 Å². The van der Waals surface area contributed by atoms with Crippen molar-refractivity contribution in [3.05, 3.63) is 29.3 Å². The zero-order valence-electron chi connectivity index (χ0n) is 9.70. The van der Waals surface area contributed by atoms with Crippen LogP contribution < -0.4 is 0 Å². The molecule has 16 heavy (non-hydrogen) atoms. The highest BCUT2D eigenvalue weighted by Crippen LogP contribution is 2.21. The van der Waals surface area contributed by atoms with Gasteiger partial charge in [0.05, 0.1) is 4.90 Å². The molecule has 0 radical (unpaired) electrons. The highest BCUT2D eigenvalue weighted by molar-refractivity contribution is 7.89. The van der Waals surface area contributed by atoms with E-state index in [9.17, 15) is 8.42 Å². The Hall–Kier alpha value is -0.580. The first-order valence-corrected chi connectivity index (χ1v) is 7.02. The van der Waals surface area contributed by atoms with E-state index in [1.54, 1.807) is 33.0 Å². The fourth-order valence-electron chi connectivity index (χ4n) is 1.34. The van der Waals surface area contributed by atoms with Gasteiger partial charge in [0.1, 0.15) is 0 Å². The summed E-state index contributed by atoms with van der Waals surface area (Å²) in [6, 6.07) is 5.27. The minimum Gasteiger partial charge on any atom is -0.207 e. The molecule has 0 aliphatic rings. The van der Waals surface area contributed by atoms with Gasteiger partial charge in [-0.25, -0.2) is 12.7 Å². The van der Waals surface area contributed by atoms with Crippen molar-refractivity contribution in [1.82, 2.24) is 4.31 Å². The number of halogens is 1. The highest BCUT2D eigenvalue weighted by Gasteiger charge is 2.21. The lowest BCUT2D eigenvalue weighted by Crippen LogP contribution is -2.27. The maximum absolute atomic E-state index is 12.1. The number of rotatable bonds is 4. The largest absolute Gasteiger partial charge is 0.243 e. The fraction of sp³-hybridized carbons (Fsp3) is 0.455. The van der Waals surface area contributed by atoms with Crippen LogP contribution in [0, 0.1) is 6.92 Å². The molecule has 0 unspecified atom stereocenters. The molecular weight excluding hydrogens is 246 g/mol. The molecule has 0 N–H and O–H groups in total. The second-order valence-corrected chi connectivity index (χ2v) is 5.93. The lowest BCUT2D eigenvalue weighted by atomic mass is 10.2. The van der Waals surface area contributed by atoms with Crippen molar-refractivity contribution in [1.29, 1.82) is 0 Å². The number of sulfonamides is 1. The van der Waals surface area contributed by atoms with Crippen LogP contribution >= 0.6 is 11.6 Å². The minimum absolute atomic E-state index is 0.318. The molecule has 0 saturated carbocycles. The standard InChI is InChI=1S/C11H16ClNO2S/c1-4-13(3)16(14,15)11-7-10(8-12)6-5-9(11)2/h5-7H,4,8H2,1-3H3. The van der Waals surface area contributed by atoms with E-state index < -0.39 is 10.0 Å². The molecule has 3 nitrogen and oxygen atoms in total. The van der Waals surface area contributed by atoms with Gasteiger partial charge >= 0.3 is 0 Å². The van der Waals surface area contributed by atoms with Crippen LogP contribution in [0.3, 0.4) is 0 Å². The van der Waals surface area contributed by atoms with E-state index in [1.807, 2.05) is 6.07 Å². The van der Waals surface area contributed by atoms with Crippen LogP contribution in [0.25, 0.3) is 0 Å². The van der Waals surface area contributed by atoms with Gasteiger partial charge in [-0.1, -0.05) is 19.1 Å². The van der Waals surface area contributed by atoms with Crippen LogP contribution in [0.1, 0.15) is 18.1 Å². The van der Waals surface area contributed by atoms with Crippen molar-refractivity contribution < 1.29 is 8.42 Å². The number of hydrogen-bond acceptors (Lipinski definition) is 2. The average molecular weight is 262 g/mol. The number of benzene rings is 1. The maximum Gasteiger partial charge on any atom is 0.243 e. The van der Waals surface area contributed by atoms with Gasteiger partial charge in [0.2, 0.25) is 10.0 Å². The smallest absolute Gasteiger partial charge is 0.207 e. The molecule has 0 aromatic heterocycles. The Balaban J connectivity index is 3.32. The molecule has 90 valence electrons. The zero-order chi connectivity index (χ0) is 12.3.